The minimum absolute atomic E-state index is 0.0270. The molecule has 1 amide bonds. The van der Waals surface area contributed by atoms with Crippen LogP contribution in [0.2, 0.25) is 5.02 Å². The predicted octanol–water partition coefficient (Wildman–Crippen LogP) is 6.52. The van der Waals surface area contributed by atoms with Gasteiger partial charge in [0, 0.05) is 37.4 Å². The Bertz CT molecular complexity index is 1390. The number of carbonyl (C=O) groups is 1. The zero-order valence-electron chi connectivity index (χ0n) is 16.7. The third kappa shape index (κ3) is 4.57. The summed E-state index contributed by atoms with van der Waals surface area (Å²) >= 11 is 9.46. The largest absolute Gasteiger partial charge is 0.416 e. The molecule has 3 aromatic rings. The van der Waals surface area contributed by atoms with E-state index >= 15 is 0 Å². The Hall–Kier alpha value is -3.20. The number of rotatable bonds is 3. The lowest BCUT2D eigenvalue weighted by Crippen LogP contribution is -2.19. The number of alkyl halides is 3. The van der Waals surface area contributed by atoms with Gasteiger partial charge < -0.3 is 10.6 Å². The van der Waals surface area contributed by atoms with Crippen LogP contribution in [0.5, 0.6) is 0 Å². The van der Waals surface area contributed by atoms with Crippen LogP contribution in [0.1, 0.15) is 38.7 Å². The van der Waals surface area contributed by atoms with Crippen molar-refractivity contribution < 1.29 is 31.5 Å². The molecule has 0 aliphatic carbocycles. The summed E-state index contributed by atoms with van der Waals surface area (Å²) in [6, 6.07) is 7.15. The first kappa shape index (κ1) is 23.9. The highest BCUT2D eigenvalue weighted by Crippen LogP contribution is 2.42. The van der Waals surface area contributed by atoms with Crippen molar-refractivity contribution in [3.05, 3.63) is 97.5 Å². The van der Waals surface area contributed by atoms with E-state index in [4.69, 9.17) is 11.6 Å². The molecular formula is C23H11BrClF5N2O2. The van der Waals surface area contributed by atoms with Gasteiger partial charge in [-0.1, -0.05) is 27.5 Å². The van der Waals surface area contributed by atoms with Gasteiger partial charge in [-0.05, 0) is 48.5 Å². The molecule has 2 N–H and O–H groups in total. The second-order valence-electron chi connectivity index (χ2n) is 7.32. The molecule has 0 aromatic heterocycles. The summed E-state index contributed by atoms with van der Waals surface area (Å²) in [6.45, 7) is 0. The molecule has 1 aliphatic rings. The fourth-order valence-electron chi connectivity index (χ4n) is 3.70. The number of hydrogen-bond acceptors (Lipinski definition) is 3. The van der Waals surface area contributed by atoms with Crippen molar-refractivity contribution in [1.82, 2.24) is 5.32 Å². The molecule has 1 atom stereocenters. The third-order valence-corrected chi connectivity index (χ3v) is 5.89. The van der Waals surface area contributed by atoms with E-state index < -0.39 is 41.0 Å². The van der Waals surface area contributed by atoms with E-state index in [2.05, 4.69) is 26.6 Å². The van der Waals surface area contributed by atoms with E-state index in [-0.39, 0.29) is 33.0 Å². The highest BCUT2D eigenvalue weighted by molar-refractivity contribution is 9.10. The molecule has 0 bridgehead atoms. The smallest absolute Gasteiger partial charge is 0.365 e. The number of amides is 1. The lowest BCUT2D eigenvalue weighted by atomic mass is 9.92. The van der Waals surface area contributed by atoms with Crippen molar-refractivity contribution in [1.29, 1.82) is 0 Å². The lowest BCUT2D eigenvalue weighted by Gasteiger charge is -2.18. The zero-order chi connectivity index (χ0) is 24.8. The number of fused-ring (bicyclic) bond motifs is 1. The highest BCUT2D eigenvalue weighted by Gasteiger charge is 2.35. The number of benzene rings is 3. The summed E-state index contributed by atoms with van der Waals surface area (Å²) in [5.74, 6) is -0.976. The maximum atomic E-state index is 14.0. The van der Waals surface area contributed by atoms with E-state index in [0.717, 1.165) is 18.2 Å². The first-order valence-electron chi connectivity index (χ1n) is 9.47. The molecule has 0 saturated heterocycles. The summed E-state index contributed by atoms with van der Waals surface area (Å²) in [4.78, 5) is 24.7. The van der Waals surface area contributed by atoms with Gasteiger partial charge in [0.15, 0.2) is 5.94 Å². The predicted molar refractivity (Wildman–Crippen MR) is 119 cm³/mol. The minimum Gasteiger partial charge on any atom is -0.365 e. The van der Waals surface area contributed by atoms with Crippen molar-refractivity contribution in [3.8, 4) is 0 Å². The van der Waals surface area contributed by atoms with Crippen LogP contribution in [0.3, 0.4) is 0 Å². The van der Waals surface area contributed by atoms with Gasteiger partial charge in [0.1, 0.15) is 17.3 Å². The molecule has 174 valence electrons. The molecule has 11 heteroatoms. The number of hydrogen-bond donors (Lipinski definition) is 2. The van der Waals surface area contributed by atoms with E-state index in [1.165, 1.54) is 18.2 Å². The van der Waals surface area contributed by atoms with E-state index in [1.807, 2.05) is 0 Å². The Morgan fingerprint density at radius 1 is 1.06 bits per heavy atom. The van der Waals surface area contributed by atoms with Gasteiger partial charge in [-0.15, -0.1) is 0 Å². The maximum Gasteiger partial charge on any atom is 0.416 e. The molecule has 1 heterocycles. The first-order valence-corrected chi connectivity index (χ1v) is 10.6. The minimum atomic E-state index is -4.83. The summed E-state index contributed by atoms with van der Waals surface area (Å²) in [7, 11) is 0. The van der Waals surface area contributed by atoms with Gasteiger partial charge in [0.2, 0.25) is 0 Å². The van der Waals surface area contributed by atoms with Crippen molar-refractivity contribution in [2.24, 2.45) is 0 Å². The van der Waals surface area contributed by atoms with Crippen molar-refractivity contribution in [3.63, 3.8) is 0 Å². The van der Waals surface area contributed by atoms with Gasteiger partial charge >= 0.3 is 6.18 Å². The SMILES string of the molecule is O=C=C1NC(c2cc(F)ccc2Cl)c2c(C(=O)Nc3cc(F)cc(C(F)(F)F)c3)cc(Br)cc21. The monoisotopic (exact) mass is 556 g/mol. The van der Waals surface area contributed by atoms with Crippen LogP contribution >= 0.6 is 27.5 Å². The Morgan fingerprint density at radius 3 is 2.47 bits per heavy atom. The fourth-order valence-corrected chi connectivity index (χ4v) is 4.38. The van der Waals surface area contributed by atoms with Gasteiger partial charge in [-0.25, -0.2) is 13.6 Å². The standard InChI is InChI=1S/C23H11BrClF5N2O2/c24-11-5-16-19(9-33)32-21(15-8-12(26)1-2-18(15)25)20(16)17(6-11)22(34)31-14-4-10(23(28,29)30)3-13(27)7-14/h1-8,21,32H,(H,31,34). The third-order valence-electron chi connectivity index (χ3n) is 5.09. The Kier molecular flexibility index (Phi) is 6.24. The van der Waals surface area contributed by atoms with Crippen molar-refractivity contribution >= 4 is 50.8 Å². The number of carbonyl (C=O) groups excluding carboxylic acids is 2. The molecule has 4 rings (SSSR count). The van der Waals surface area contributed by atoms with Crippen molar-refractivity contribution in [2.45, 2.75) is 12.2 Å². The number of halogens is 7. The molecule has 0 fully saturated rings. The Labute approximate surface area is 202 Å². The second-order valence-corrected chi connectivity index (χ2v) is 8.64. The fraction of sp³-hybridized carbons (Fsp3) is 0.0870. The van der Waals surface area contributed by atoms with Crippen LogP contribution in [-0.4, -0.2) is 11.8 Å². The van der Waals surface area contributed by atoms with Crippen LogP contribution in [-0.2, 0) is 11.0 Å². The molecule has 3 aromatic carbocycles. The Balaban J connectivity index is 1.83. The summed E-state index contributed by atoms with van der Waals surface area (Å²) < 4.78 is 67.3. The molecule has 34 heavy (non-hydrogen) atoms. The topological polar surface area (TPSA) is 58.2 Å². The molecule has 1 aliphatic heterocycles. The summed E-state index contributed by atoms with van der Waals surface area (Å²) in [5, 5.41) is 5.25. The average molecular weight is 558 g/mol. The van der Waals surface area contributed by atoms with Crippen LogP contribution in [0.25, 0.3) is 5.70 Å². The number of anilines is 1. The molecule has 0 radical (unpaired) electrons. The summed E-state index contributed by atoms with van der Waals surface area (Å²) in [6.07, 6.45) is -4.83. The Morgan fingerprint density at radius 2 is 1.79 bits per heavy atom. The summed E-state index contributed by atoms with van der Waals surface area (Å²) in [5.41, 5.74) is -1.10. The van der Waals surface area contributed by atoms with Gasteiger partial charge in [0.25, 0.3) is 5.91 Å². The lowest BCUT2D eigenvalue weighted by molar-refractivity contribution is -0.137. The molecule has 1 unspecified atom stereocenters. The second kappa shape index (κ2) is 8.87. The van der Waals surface area contributed by atoms with Gasteiger partial charge in [0.05, 0.1) is 11.6 Å². The number of nitrogens with one attached hydrogen (secondary N) is 2. The van der Waals surface area contributed by atoms with Crippen LogP contribution in [0, 0.1) is 11.6 Å². The molecule has 0 saturated carbocycles. The quantitative estimate of drug-likeness (QED) is 0.285. The van der Waals surface area contributed by atoms with E-state index in [0.29, 0.717) is 16.6 Å². The average Bonchev–Trinajstić information content (AvgIpc) is 3.12. The first-order chi connectivity index (χ1) is 16.0. The van der Waals surface area contributed by atoms with E-state index in [9.17, 15) is 31.5 Å². The van der Waals surface area contributed by atoms with E-state index in [1.54, 1.807) is 5.94 Å². The van der Waals surface area contributed by atoms with Crippen LogP contribution < -0.4 is 10.6 Å². The normalized spacial score (nSPS) is 14.9. The van der Waals surface area contributed by atoms with Gasteiger partial charge in [-0.3, -0.25) is 4.79 Å². The van der Waals surface area contributed by atoms with Crippen LogP contribution in [0.15, 0.2) is 53.0 Å². The van der Waals surface area contributed by atoms with Gasteiger partial charge in [-0.2, -0.15) is 13.2 Å². The molecule has 4 nitrogen and oxygen atoms in total. The van der Waals surface area contributed by atoms with Crippen LogP contribution in [0.4, 0.5) is 27.6 Å². The highest BCUT2D eigenvalue weighted by atomic mass is 79.9. The zero-order valence-corrected chi connectivity index (χ0v) is 19.0. The maximum absolute atomic E-state index is 14.0. The molecular weight excluding hydrogens is 547 g/mol. The van der Waals surface area contributed by atoms with Crippen molar-refractivity contribution in [2.75, 3.05) is 5.32 Å². The molecule has 0 spiro atoms.